The number of aliphatic hydroxyl groups excluding tert-OH is 3. The van der Waals surface area contributed by atoms with Crippen LogP contribution in [0.4, 0.5) is 0 Å². The van der Waals surface area contributed by atoms with E-state index in [0.717, 1.165) is 22.3 Å². The van der Waals surface area contributed by atoms with Crippen molar-refractivity contribution in [3.63, 3.8) is 0 Å². The van der Waals surface area contributed by atoms with Gasteiger partial charge < -0.3 is 20.1 Å². The molecule has 2 aromatic carbocycles. The Labute approximate surface area is 190 Å². The first-order chi connectivity index (χ1) is 15.3. The Hall–Kier alpha value is -2.62. The van der Waals surface area contributed by atoms with Crippen molar-refractivity contribution in [3.05, 3.63) is 97.7 Å². The predicted octanol–water partition coefficient (Wildman–Crippen LogP) is 2.31. The molecule has 1 saturated heterocycles. The van der Waals surface area contributed by atoms with E-state index < -0.39 is 36.8 Å². The van der Waals surface area contributed by atoms with Crippen LogP contribution in [0.15, 0.2) is 59.5 Å². The van der Waals surface area contributed by atoms with Gasteiger partial charge in [0.15, 0.2) is 6.23 Å². The maximum Gasteiger partial charge on any atom is 0.328 e. The second-order valence-corrected chi connectivity index (χ2v) is 8.64. The Kier molecular flexibility index (Phi) is 6.41. The summed E-state index contributed by atoms with van der Waals surface area (Å²) in [5.74, 6) is -0.274. The number of H-pyrrole nitrogens is 1. The summed E-state index contributed by atoms with van der Waals surface area (Å²) in [6, 6.07) is 16.2. The zero-order chi connectivity index (χ0) is 23.0. The third-order valence-electron chi connectivity index (χ3n) is 5.92. The predicted molar refractivity (Wildman–Crippen MR) is 122 cm³/mol. The summed E-state index contributed by atoms with van der Waals surface area (Å²) >= 11 is 5.54. The summed E-state index contributed by atoms with van der Waals surface area (Å²) in [6.07, 6.45) is -3.26. The van der Waals surface area contributed by atoms with Crippen molar-refractivity contribution in [1.29, 1.82) is 0 Å². The maximum atomic E-state index is 12.7. The van der Waals surface area contributed by atoms with Crippen LogP contribution in [-0.4, -0.2) is 49.8 Å². The molecule has 0 unspecified atom stereocenters. The van der Waals surface area contributed by atoms with Crippen LogP contribution in [0.3, 0.4) is 0 Å². The average Bonchev–Trinajstić information content (AvgIpc) is 3.06. The topological polar surface area (TPSA) is 108 Å². The van der Waals surface area contributed by atoms with Crippen LogP contribution in [0, 0.1) is 18.5 Å². The van der Waals surface area contributed by atoms with Crippen molar-refractivity contribution in [2.75, 3.05) is 6.61 Å². The zero-order valence-electron chi connectivity index (χ0n) is 17.8. The molecule has 32 heavy (non-hydrogen) atoms. The van der Waals surface area contributed by atoms with Crippen LogP contribution >= 0.6 is 12.2 Å². The minimum atomic E-state index is -1.38. The normalized spacial score (nSPS) is 23.1. The summed E-state index contributed by atoms with van der Waals surface area (Å²) in [5.41, 5.74) is 4.32. The second kappa shape index (κ2) is 9.09. The zero-order valence-corrected chi connectivity index (χ0v) is 18.6. The second-order valence-electron chi connectivity index (χ2n) is 8.23. The van der Waals surface area contributed by atoms with Crippen LogP contribution in [0.5, 0.6) is 0 Å². The van der Waals surface area contributed by atoms with Crippen molar-refractivity contribution in [2.45, 2.75) is 44.3 Å². The molecule has 4 atom stereocenters. The number of nitrogens with one attached hydrogen (secondary N) is 1. The molecule has 2 heterocycles. The molecule has 8 heteroatoms. The Balaban J connectivity index is 1.87. The summed E-state index contributed by atoms with van der Waals surface area (Å²) < 4.78 is 7.06. The van der Waals surface area contributed by atoms with Gasteiger partial charge in [-0.2, -0.15) is 0 Å². The van der Waals surface area contributed by atoms with Crippen LogP contribution in [0.1, 0.15) is 40.0 Å². The van der Waals surface area contributed by atoms with Gasteiger partial charge in [-0.3, -0.25) is 9.55 Å². The molecule has 4 N–H and O–H groups in total. The van der Waals surface area contributed by atoms with E-state index in [1.807, 2.05) is 62.4 Å². The molecule has 7 nitrogen and oxygen atoms in total. The van der Waals surface area contributed by atoms with Gasteiger partial charge in [0.2, 0.25) is 0 Å². The summed E-state index contributed by atoms with van der Waals surface area (Å²) in [6.45, 7) is 3.55. The lowest BCUT2D eigenvalue weighted by molar-refractivity contribution is -0.0551. The number of aryl methyl sites for hydroxylation is 2. The van der Waals surface area contributed by atoms with Gasteiger partial charge in [0, 0.05) is 17.7 Å². The van der Waals surface area contributed by atoms with E-state index in [0.29, 0.717) is 5.56 Å². The molecule has 0 amide bonds. The van der Waals surface area contributed by atoms with E-state index in [1.165, 1.54) is 4.57 Å². The third kappa shape index (κ3) is 4.20. The van der Waals surface area contributed by atoms with Crippen LogP contribution < -0.4 is 5.69 Å². The monoisotopic (exact) mass is 454 g/mol. The molecule has 168 valence electrons. The Morgan fingerprint density at radius 2 is 1.53 bits per heavy atom. The molecule has 1 aliphatic heterocycles. The molecule has 1 aliphatic rings. The first-order valence-electron chi connectivity index (χ1n) is 10.4. The van der Waals surface area contributed by atoms with E-state index in [2.05, 4.69) is 4.98 Å². The van der Waals surface area contributed by atoms with Gasteiger partial charge >= 0.3 is 5.69 Å². The highest BCUT2D eigenvalue weighted by Crippen LogP contribution is 2.34. The van der Waals surface area contributed by atoms with Crippen molar-refractivity contribution in [1.82, 2.24) is 9.55 Å². The van der Waals surface area contributed by atoms with Crippen molar-refractivity contribution in [3.8, 4) is 0 Å². The minimum absolute atomic E-state index is 0.274. The van der Waals surface area contributed by atoms with E-state index in [4.69, 9.17) is 17.0 Å². The van der Waals surface area contributed by atoms with Crippen molar-refractivity contribution >= 4 is 12.2 Å². The highest BCUT2D eigenvalue weighted by Gasteiger charge is 2.44. The molecule has 0 bridgehead atoms. The Morgan fingerprint density at radius 1 is 1.00 bits per heavy atom. The highest BCUT2D eigenvalue weighted by molar-refractivity contribution is 7.71. The van der Waals surface area contributed by atoms with Gasteiger partial charge in [-0.05, 0) is 25.0 Å². The lowest BCUT2D eigenvalue weighted by atomic mass is 9.86. The third-order valence-corrected chi connectivity index (χ3v) is 6.26. The van der Waals surface area contributed by atoms with Gasteiger partial charge in [-0.15, -0.1) is 0 Å². The lowest BCUT2D eigenvalue weighted by Gasteiger charge is -2.23. The fourth-order valence-corrected chi connectivity index (χ4v) is 4.33. The van der Waals surface area contributed by atoms with E-state index in [1.54, 1.807) is 6.20 Å². The number of aromatic amines is 1. The first-order valence-corrected chi connectivity index (χ1v) is 10.8. The number of ether oxygens (including phenoxy) is 1. The molecule has 1 fully saturated rings. The van der Waals surface area contributed by atoms with E-state index in [-0.39, 0.29) is 10.6 Å². The molecule has 0 radical (unpaired) electrons. The average molecular weight is 455 g/mol. The number of aromatic nitrogens is 2. The number of hydrogen-bond donors (Lipinski definition) is 4. The van der Waals surface area contributed by atoms with Gasteiger partial charge in [0.1, 0.15) is 23.0 Å². The summed E-state index contributed by atoms with van der Waals surface area (Å²) in [7, 11) is 0. The smallest absolute Gasteiger partial charge is 0.328 e. The van der Waals surface area contributed by atoms with Crippen molar-refractivity contribution in [2.24, 2.45) is 0 Å². The maximum absolute atomic E-state index is 12.7. The number of aliphatic hydroxyl groups is 3. The first kappa shape index (κ1) is 22.6. The number of rotatable bonds is 5. The number of nitrogens with zero attached hydrogens (tertiary/aromatic N) is 1. The molecule has 1 aromatic heterocycles. The summed E-state index contributed by atoms with van der Waals surface area (Å²) in [5, 5.41) is 30.0. The molecular formula is C24H26N2O5S. The number of hydrogen-bond acceptors (Lipinski definition) is 6. The molecule has 0 spiro atoms. The fraction of sp³-hybridized carbons (Fsp3) is 0.333. The molecule has 0 aliphatic carbocycles. The number of benzene rings is 2. The van der Waals surface area contributed by atoms with Gasteiger partial charge in [-0.25, -0.2) is 4.79 Å². The van der Waals surface area contributed by atoms with E-state index in [9.17, 15) is 20.1 Å². The highest BCUT2D eigenvalue weighted by atomic mass is 32.1. The lowest BCUT2D eigenvalue weighted by Crippen LogP contribution is -2.36. The summed E-state index contributed by atoms with van der Waals surface area (Å²) in [4.78, 5) is 15.4. The van der Waals surface area contributed by atoms with Crippen LogP contribution in [-0.2, 0) is 4.74 Å². The van der Waals surface area contributed by atoms with Gasteiger partial charge in [0.25, 0.3) is 0 Å². The quantitative estimate of drug-likeness (QED) is 0.441. The SMILES string of the molecule is Cc1ccc(C(c2ccc(C)cc2)c2cn([C@@H]3O[C@H](CO)[C@@H](O)[C@H]3O)c(=O)[nH]c2=S)cc1. The molecular weight excluding hydrogens is 428 g/mol. The van der Waals surface area contributed by atoms with Crippen molar-refractivity contribution < 1.29 is 20.1 Å². The minimum Gasteiger partial charge on any atom is -0.394 e. The molecule has 4 rings (SSSR count). The largest absolute Gasteiger partial charge is 0.394 e. The van der Waals surface area contributed by atoms with Crippen LogP contribution in [0.2, 0.25) is 0 Å². The molecule has 0 saturated carbocycles. The van der Waals surface area contributed by atoms with E-state index >= 15 is 0 Å². The van der Waals surface area contributed by atoms with Gasteiger partial charge in [0.05, 0.1) is 6.61 Å². The van der Waals surface area contributed by atoms with Crippen LogP contribution in [0.25, 0.3) is 0 Å². The van der Waals surface area contributed by atoms with Gasteiger partial charge in [-0.1, -0.05) is 71.9 Å². The standard InChI is InChI=1S/C24H26N2O5S/c1-13-3-7-15(8-4-13)19(16-9-5-14(2)6-10-16)17-11-26(24(30)25-22(17)32)23-21(29)20(28)18(12-27)31-23/h3-11,18-21,23,27-29H,12H2,1-2H3,(H,25,30,32)/t18-,20-,21-,23-/m1/s1. The Bertz CT molecular complexity index is 1160. The fourth-order valence-electron chi connectivity index (χ4n) is 4.07. The Morgan fingerprint density at radius 3 is 2.00 bits per heavy atom. The molecule has 3 aromatic rings.